The largest absolute Gasteiger partial charge is 0.480 e. The van der Waals surface area contributed by atoms with E-state index in [4.69, 9.17) is 21.1 Å². The average Bonchev–Trinajstić information content (AvgIpc) is 3.36. The highest BCUT2D eigenvalue weighted by Crippen LogP contribution is 2.37. The summed E-state index contributed by atoms with van der Waals surface area (Å²) in [5.74, 6) is -2.68. The van der Waals surface area contributed by atoms with Crippen LogP contribution in [0.25, 0.3) is 16.9 Å². The molecule has 0 aliphatic heterocycles. The van der Waals surface area contributed by atoms with Gasteiger partial charge in [0.05, 0.1) is 30.4 Å². The van der Waals surface area contributed by atoms with Crippen molar-refractivity contribution in [2.75, 3.05) is 19.5 Å². The topological polar surface area (TPSA) is 124 Å². The summed E-state index contributed by atoms with van der Waals surface area (Å²) in [7, 11) is 2.48. The highest BCUT2D eigenvalue weighted by atomic mass is 35.5. The maximum absolute atomic E-state index is 13.5. The van der Waals surface area contributed by atoms with Crippen LogP contribution in [-0.4, -0.2) is 50.0 Å². The van der Waals surface area contributed by atoms with Gasteiger partial charge in [0.2, 0.25) is 17.7 Å². The van der Waals surface area contributed by atoms with Crippen LogP contribution in [0, 0.1) is 5.82 Å². The summed E-state index contributed by atoms with van der Waals surface area (Å²) in [6.45, 7) is 0. The van der Waals surface area contributed by atoms with E-state index in [9.17, 15) is 27.5 Å². The zero-order valence-corrected chi connectivity index (χ0v) is 19.6. The molecule has 10 nitrogen and oxygen atoms in total. The summed E-state index contributed by atoms with van der Waals surface area (Å²) in [5, 5.41) is 15.7. The average molecular weight is 539 g/mol. The molecule has 0 bridgehead atoms. The Morgan fingerprint density at radius 2 is 1.81 bits per heavy atom. The van der Waals surface area contributed by atoms with Crippen LogP contribution in [0.1, 0.15) is 16.1 Å². The van der Waals surface area contributed by atoms with Crippen molar-refractivity contribution in [3.63, 3.8) is 0 Å². The molecule has 37 heavy (non-hydrogen) atoms. The summed E-state index contributed by atoms with van der Waals surface area (Å²) < 4.78 is 64.4. The Bertz CT molecular complexity index is 1490. The van der Waals surface area contributed by atoms with Gasteiger partial charge in [-0.25, -0.2) is 18.9 Å². The number of pyridine rings is 1. The van der Waals surface area contributed by atoms with Crippen LogP contribution in [0.5, 0.6) is 11.8 Å². The van der Waals surface area contributed by atoms with Gasteiger partial charge in [-0.15, -0.1) is 0 Å². The number of carboxylic acids is 1. The first kappa shape index (κ1) is 25.6. The van der Waals surface area contributed by atoms with Crippen LogP contribution in [-0.2, 0) is 6.18 Å². The lowest BCUT2D eigenvalue weighted by atomic mass is 10.1. The van der Waals surface area contributed by atoms with Crippen molar-refractivity contribution in [3.8, 4) is 28.7 Å². The molecule has 0 aliphatic rings. The number of halogens is 5. The summed E-state index contributed by atoms with van der Waals surface area (Å²) in [5.41, 5.74) is -1.17. The molecule has 2 N–H and O–H groups in total. The Labute approximate surface area is 210 Å². The molecule has 0 unspecified atom stereocenters. The first-order chi connectivity index (χ1) is 17.5. The molecular weight excluding hydrogens is 524 g/mol. The van der Waals surface area contributed by atoms with Gasteiger partial charge in [-0.3, -0.25) is 0 Å². The van der Waals surface area contributed by atoms with Crippen LogP contribution >= 0.6 is 11.6 Å². The zero-order chi connectivity index (χ0) is 26.9. The lowest BCUT2D eigenvalue weighted by Crippen LogP contribution is -2.11. The van der Waals surface area contributed by atoms with E-state index in [2.05, 4.69) is 25.4 Å². The van der Waals surface area contributed by atoms with E-state index in [1.165, 1.54) is 32.5 Å². The molecule has 192 valence electrons. The maximum atomic E-state index is 13.5. The SMILES string of the molecule is COc1nc(OC)c(-c2cnc(Nc3ccc(F)c(Cl)c3)nc2-n2ccc(C(F)(F)F)n2)cc1C(=O)O. The zero-order valence-electron chi connectivity index (χ0n) is 18.8. The van der Waals surface area contributed by atoms with Crippen molar-refractivity contribution < 1.29 is 36.9 Å². The van der Waals surface area contributed by atoms with Gasteiger partial charge in [0, 0.05) is 18.1 Å². The minimum Gasteiger partial charge on any atom is -0.480 e. The van der Waals surface area contributed by atoms with E-state index in [1.54, 1.807) is 0 Å². The van der Waals surface area contributed by atoms with Crippen molar-refractivity contribution in [2.45, 2.75) is 6.18 Å². The number of carboxylic acid groups (broad SMARTS) is 1. The number of rotatable bonds is 7. The number of hydrogen-bond acceptors (Lipinski definition) is 8. The molecule has 3 heterocycles. The monoisotopic (exact) mass is 538 g/mol. The van der Waals surface area contributed by atoms with E-state index in [1.807, 2.05) is 0 Å². The summed E-state index contributed by atoms with van der Waals surface area (Å²) >= 11 is 5.80. The number of aromatic carboxylic acids is 1. The van der Waals surface area contributed by atoms with Gasteiger partial charge in [-0.2, -0.15) is 28.2 Å². The molecule has 3 aromatic heterocycles. The number of nitrogens with zero attached hydrogens (tertiary/aromatic N) is 5. The summed E-state index contributed by atoms with van der Waals surface area (Å²) in [6, 6.07) is 5.62. The first-order valence-corrected chi connectivity index (χ1v) is 10.5. The van der Waals surface area contributed by atoms with Crippen molar-refractivity contribution in [1.29, 1.82) is 0 Å². The standard InChI is InChI=1S/C22H15ClF4N6O4/c1-36-18-11(8-12(20(34)35)19(31-18)37-2)13-9-28-21(29-10-3-4-15(24)14(23)7-10)30-17(13)33-6-5-16(32-33)22(25,26)27/h3-9H,1-2H3,(H,34,35)(H,28,29,30). The number of alkyl halides is 3. The predicted octanol–water partition coefficient (Wildman–Crippen LogP) is 4.99. The van der Waals surface area contributed by atoms with E-state index in [0.29, 0.717) is 5.69 Å². The Morgan fingerprint density at radius 1 is 1.08 bits per heavy atom. The van der Waals surface area contributed by atoms with Gasteiger partial charge < -0.3 is 19.9 Å². The quantitative estimate of drug-likeness (QED) is 0.313. The van der Waals surface area contributed by atoms with Gasteiger partial charge in [0.1, 0.15) is 11.4 Å². The molecule has 0 atom stereocenters. The molecule has 0 amide bonds. The second-order valence-electron chi connectivity index (χ2n) is 7.24. The smallest absolute Gasteiger partial charge is 0.435 e. The molecule has 0 aliphatic carbocycles. The van der Waals surface area contributed by atoms with Gasteiger partial charge in [0.25, 0.3) is 0 Å². The number of aromatic nitrogens is 5. The van der Waals surface area contributed by atoms with E-state index >= 15 is 0 Å². The third-order valence-corrected chi connectivity index (χ3v) is 5.19. The maximum Gasteiger partial charge on any atom is 0.435 e. The van der Waals surface area contributed by atoms with Crippen molar-refractivity contribution in [1.82, 2.24) is 24.7 Å². The van der Waals surface area contributed by atoms with Crippen LogP contribution in [0.4, 0.5) is 29.2 Å². The minimum absolute atomic E-state index is 0.0361. The van der Waals surface area contributed by atoms with Gasteiger partial charge in [-0.1, -0.05) is 11.6 Å². The van der Waals surface area contributed by atoms with Crippen LogP contribution in [0.15, 0.2) is 42.7 Å². The highest BCUT2D eigenvalue weighted by Gasteiger charge is 2.34. The van der Waals surface area contributed by atoms with Gasteiger partial charge >= 0.3 is 12.1 Å². The number of anilines is 2. The molecule has 4 aromatic rings. The van der Waals surface area contributed by atoms with Crippen LogP contribution in [0.3, 0.4) is 0 Å². The second-order valence-corrected chi connectivity index (χ2v) is 7.64. The molecule has 0 fully saturated rings. The Morgan fingerprint density at radius 3 is 2.41 bits per heavy atom. The summed E-state index contributed by atoms with van der Waals surface area (Å²) in [6.07, 6.45) is -2.50. The molecule has 0 radical (unpaired) electrons. The molecule has 0 spiro atoms. The first-order valence-electron chi connectivity index (χ1n) is 10.1. The Kier molecular flexibility index (Phi) is 6.85. The van der Waals surface area contributed by atoms with Gasteiger partial charge in [0.15, 0.2) is 11.5 Å². The number of benzene rings is 1. The number of methoxy groups -OCH3 is 2. The molecule has 0 saturated carbocycles. The fourth-order valence-electron chi connectivity index (χ4n) is 3.23. The second kappa shape index (κ2) is 9.89. The van der Waals surface area contributed by atoms with Crippen molar-refractivity contribution in [2.24, 2.45) is 0 Å². The normalized spacial score (nSPS) is 11.3. The number of ether oxygens (including phenoxy) is 2. The number of carbonyl (C=O) groups is 1. The molecule has 0 saturated heterocycles. The summed E-state index contributed by atoms with van der Waals surface area (Å²) in [4.78, 5) is 24.2. The van der Waals surface area contributed by atoms with E-state index in [0.717, 1.165) is 29.1 Å². The van der Waals surface area contributed by atoms with E-state index in [-0.39, 0.29) is 45.2 Å². The molecule has 15 heteroatoms. The molecule has 4 rings (SSSR count). The van der Waals surface area contributed by atoms with Crippen molar-refractivity contribution in [3.05, 3.63) is 64.8 Å². The van der Waals surface area contributed by atoms with Crippen LogP contribution < -0.4 is 14.8 Å². The fraction of sp³-hybridized carbons (Fsp3) is 0.136. The van der Waals surface area contributed by atoms with E-state index < -0.39 is 23.7 Å². The molecular formula is C22H15ClF4N6O4. The number of hydrogen-bond donors (Lipinski definition) is 2. The lowest BCUT2D eigenvalue weighted by Gasteiger charge is -2.15. The minimum atomic E-state index is -4.74. The van der Waals surface area contributed by atoms with Crippen molar-refractivity contribution >= 4 is 29.2 Å². The number of nitrogens with one attached hydrogen (secondary N) is 1. The lowest BCUT2D eigenvalue weighted by molar-refractivity contribution is -0.141. The third kappa shape index (κ3) is 5.23. The third-order valence-electron chi connectivity index (χ3n) is 4.90. The highest BCUT2D eigenvalue weighted by molar-refractivity contribution is 6.31. The van der Waals surface area contributed by atoms with Crippen LogP contribution in [0.2, 0.25) is 5.02 Å². The fourth-order valence-corrected chi connectivity index (χ4v) is 3.41. The van der Waals surface area contributed by atoms with Gasteiger partial charge in [-0.05, 0) is 30.3 Å². The predicted molar refractivity (Wildman–Crippen MR) is 122 cm³/mol. The molecule has 1 aromatic carbocycles. The Hall–Kier alpha value is -4.46. The Balaban J connectivity index is 1.91.